The van der Waals surface area contributed by atoms with Crippen molar-refractivity contribution >= 4 is 212 Å². The first-order chi connectivity index (χ1) is 52.2. The molecule has 2 atom stereocenters. The van der Waals surface area contributed by atoms with Crippen molar-refractivity contribution in [1.29, 1.82) is 0 Å². The molecule has 107 heavy (non-hydrogen) atoms. The Morgan fingerprint density at radius 3 is 1.21 bits per heavy atom. The van der Waals surface area contributed by atoms with Gasteiger partial charge in [-0.05, 0) is 220 Å². The zero-order valence-corrected chi connectivity index (χ0v) is 77.8. The zero-order valence-electron chi connectivity index (χ0n) is 59.9. The van der Waals surface area contributed by atoms with Crippen LogP contribution in [0.1, 0.15) is 132 Å². The van der Waals surface area contributed by atoms with Gasteiger partial charge in [0.25, 0.3) is 0 Å². The van der Waals surface area contributed by atoms with Crippen LogP contribution in [-0.4, -0.2) is 113 Å². The molecule has 6 aromatic rings. The first-order valence-corrected chi connectivity index (χ1v) is 63.3. The van der Waals surface area contributed by atoms with Gasteiger partial charge in [-0.3, -0.25) is 19.8 Å². The predicted octanol–water partition coefficient (Wildman–Crippen LogP) is 13.4. The topological polar surface area (TPSA) is 119 Å². The third-order valence-electron chi connectivity index (χ3n) is 22.7. The number of rotatable bonds is 15. The maximum atomic E-state index is 12.9. The lowest BCUT2D eigenvalue weighted by atomic mass is 9.55. The smallest absolute Gasteiger partial charge is 0.206 e. The molecule has 7 heterocycles. The Bertz CT molecular complexity index is 4840. The highest BCUT2D eigenvalue weighted by Crippen LogP contribution is 2.56. The van der Waals surface area contributed by atoms with Gasteiger partial charge in [0.05, 0.1) is 19.6 Å². The fraction of sp³-hybridized carbons (Fsp3) is 0.534. The summed E-state index contributed by atoms with van der Waals surface area (Å²) in [5.74, 6) is 5.45. The van der Waals surface area contributed by atoms with Gasteiger partial charge < -0.3 is 15.1 Å². The summed E-state index contributed by atoms with van der Waals surface area (Å²) in [4.78, 5) is 19.2. The lowest BCUT2D eigenvalue weighted by Crippen LogP contribution is -2.57. The van der Waals surface area contributed by atoms with E-state index in [0.29, 0.717) is 20.6 Å². The number of nitrogens with one attached hydrogen (secondary N) is 1. The summed E-state index contributed by atoms with van der Waals surface area (Å²) in [6.45, 7) is 20.5. The average molecular weight is 1860 g/mol. The van der Waals surface area contributed by atoms with Gasteiger partial charge in [-0.1, -0.05) is 101 Å². The number of benzene rings is 4. The molecule has 6 fully saturated rings. The van der Waals surface area contributed by atoms with Crippen LogP contribution in [0.25, 0.3) is 0 Å². The van der Waals surface area contributed by atoms with Crippen LogP contribution in [0.3, 0.4) is 0 Å². The molecule has 0 bridgehead atoms. The Morgan fingerprint density at radius 1 is 0.439 bits per heavy atom. The number of likely N-dealkylation sites (N-methyl/N-ethyl adjacent to an activating group) is 2. The molecular weight excluding hydrogens is 1760 g/mol. The van der Waals surface area contributed by atoms with Crippen molar-refractivity contribution < 1.29 is 21.2 Å². The number of halogens is 1. The second kappa shape index (κ2) is 46.1. The van der Waals surface area contributed by atoms with Crippen LogP contribution in [0.15, 0.2) is 166 Å². The Balaban J connectivity index is 0.000000163. The van der Waals surface area contributed by atoms with E-state index in [1.807, 2.05) is 12.1 Å². The first-order valence-electron chi connectivity index (χ1n) is 36.3. The van der Waals surface area contributed by atoms with Crippen LogP contribution in [0.2, 0.25) is 0 Å². The second-order valence-electron chi connectivity index (χ2n) is 28.2. The van der Waals surface area contributed by atoms with Crippen LogP contribution in [0.5, 0.6) is 0 Å². The number of pyridine rings is 2. The molecule has 0 radical (unpaired) electrons. The van der Waals surface area contributed by atoms with Gasteiger partial charge in [-0.25, -0.2) is 21.2 Å². The molecule has 14 rings (SSSR count). The van der Waals surface area contributed by atoms with Crippen molar-refractivity contribution in [2.24, 2.45) is 41.4 Å². The number of fused-ring (bicyclic) bond motifs is 2. The van der Waals surface area contributed by atoms with Crippen LogP contribution in [0, 0.1) is 47.2 Å². The number of hydrogen-bond donors (Lipinski definition) is 1. The van der Waals surface area contributed by atoms with E-state index in [4.69, 9.17) is 0 Å². The molecular formula is C73H94FN7O4S22. The molecule has 34 heteroatoms. The van der Waals surface area contributed by atoms with Crippen molar-refractivity contribution in [1.82, 2.24) is 30.0 Å². The largest absolute Gasteiger partial charge is 0.371 e. The van der Waals surface area contributed by atoms with E-state index in [2.05, 4.69) is 142 Å². The summed E-state index contributed by atoms with van der Waals surface area (Å²) in [7, 11) is 18.3. The van der Waals surface area contributed by atoms with Crippen LogP contribution >= 0.6 is 0 Å². The minimum atomic E-state index is -3.56. The molecule has 1 N–H and O–H groups in total. The molecule has 5 aliphatic heterocycles. The second-order valence-corrected chi connectivity index (χ2v) is 60.4. The molecule has 584 valence electrons. The number of likely N-dealkylation sites (tertiary alicyclic amines) is 1. The molecule has 0 amide bonds. The predicted molar refractivity (Wildman–Crippen MR) is 493 cm³/mol. The minimum absolute atomic E-state index is 0.0695. The summed E-state index contributed by atoms with van der Waals surface area (Å²) in [5.41, 5.74) is 8.57. The van der Waals surface area contributed by atoms with Gasteiger partial charge in [-0.15, -0.1) is 0 Å². The summed E-state index contributed by atoms with van der Waals surface area (Å²) >= 11 is 18.6. The Hall–Kier alpha value is -0.950. The molecule has 8 aliphatic rings. The molecule has 3 saturated heterocycles. The van der Waals surface area contributed by atoms with E-state index in [0.717, 1.165) is 92.0 Å². The van der Waals surface area contributed by atoms with E-state index in [9.17, 15) is 21.2 Å². The minimum Gasteiger partial charge on any atom is -0.371 e. The normalized spacial score (nSPS) is 22.0. The van der Waals surface area contributed by atoms with Crippen LogP contribution in [0.4, 0.5) is 10.1 Å². The van der Waals surface area contributed by atoms with Crippen molar-refractivity contribution in [3.05, 3.63) is 174 Å². The monoisotopic (exact) mass is 1860 g/mol. The molecule has 0 spiro atoms. The Labute approximate surface area is 700 Å². The van der Waals surface area contributed by atoms with Gasteiger partial charge in [0, 0.05) is 287 Å². The van der Waals surface area contributed by atoms with Crippen molar-refractivity contribution in [2.45, 2.75) is 154 Å². The van der Waals surface area contributed by atoms with Gasteiger partial charge in [-0.2, -0.15) is 0 Å². The van der Waals surface area contributed by atoms with Gasteiger partial charge in [0.1, 0.15) is 5.82 Å². The molecule has 11 nitrogen and oxygen atoms in total. The molecule has 3 saturated carbocycles. The van der Waals surface area contributed by atoms with E-state index in [1.165, 1.54) is 233 Å². The number of anilines is 1. The fourth-order valence-corrected chi connectivity index (χ4v) is 53.2. The van der Waals surface area contributed by atoms with Gasteiger partial charge in [0.2, 0.25) is 19.7 Å². The van der Waals surface area contributed by atoms with E-state index >= 15 is 0 Å². The highest BCUT2D eigenvalue weighted by Gasteiger charge is 2.53. The molecule has 3 aliphatic carbocycles. The third kappa shape index (κ3) is 24.6. The molecule has 2 unspecified atom stereocenters. The maximum Gasteiger partial charge on any atom is 0.206 e. The SMILES string of the molecule is CCN1Cc2ccccc2C(C2CCCC2)(C2CCC(CC3CN(c4ccc(S(=O)(=O)c5ccncc5)cc4)C3)CC2)C1.CCN1Cc2ccccc2C(C2CCCC2)(C2CCN(CC3CNC3)CC2)C1.O=S(=O)(c1ccncc1)c1ccc(F)cc1.S=S=S=S=S=S=S=S=S.S=S=S=S=S=S=S=S=S=S=S. The van der Waals surface area contributed by atoms with E-state index in [-0.39, 0.29) is 9.79 Å². The number of hydrogen-bond acceptors (Lipinski definition) is 15. The standard InChI is InChI=1S/C37H47N3O2S.C25H39N3.C11H8FNO2S.S11.S9/c1-2-39-26-30-7-3-6-10-36(30)37(27-39,31-8-4-5-9-31)32-13-11-28(12-14-32)23-29-24-40(25-29)33-15-17-34(18-16-33)43(41,42)35-19-21-38-22-20-35;1-2-27-18-21-7-3-6-10-24(21)25(19-27,22-8-4-5-9-22)23-11-13-28(14-12-23)17-20-15-26-16-20;12-9-1-3-10(4-2-9)16(14,15)11-5-7-13-8-6-11;1-3-5-7-9-11-10-8-6-4-2;1-3-5-7-9-8-6-4-2/h3,6-7,10,15-22,28-29,31-32H,2,4-5,8-9,11-14,23-27H2,1H3;3,6-7,10,20,22-23,26H,2,4-5,8-9,11-19H2,1H3;1-8H;;. The lowest BCUT2D eigenvalue weighted by Gasteiger charge is -2.54. The number of sulfone groups is 2. The quantitative estimate of drug-likeness (QED) is 0.0982. The zero-order chi connectivity index (χ0) is 75.3. The molecule has 2 aromatic heterocycles. The van der Waals surface area contributed by atoms with Crippen molar-refractivity contribution in [3.8, 4) is 0 Å². The third-order valence-corrected chi connectivity index (χ3v) is 57.4. The highest BCUT2D eigenvalue weighted by molar-refractivity contribution is 8.74. The Morgan fingerprint density at radius 2 is 0.813 bits per heavy atom. The van der Waals surface area contributed by atoms with Crippen LogP contribution < -0.4 is 10.2 Å². The van der Waals surface area contributed by atoms with E-state index in [1.54, 1.807) is 153 Å². The summed E-state index contributed by atoms with van der Waals surface area (Å²) in [5, 5.41) is 3.44. The first kappa shape index (κ1) is 88.4. The summed E-state index contributed by atoms with van der Waals surface area (Å²) in [6.07, 6.45) is 27.0. The average Bonchev–Trinajstić information content (AvgIpc) is 1.68. The van der Waals surface area contributed by atoms with Gasteiger partial charge in [0.15, 0.2) is 0 Å². The lowest BCUT2D eigenvalue weighted by molar-refractivity contribution is 0.0348. The van der Waals surface area contributed by atoms with Crippen molar-refractivity contribution in [2.75, 3.05) is 76.9 Å². The fourth-order valence-electron chi connectivity index (χ4n) is 17.8. The van der Waals surface area contributed by atoms with E-state index < -0.39 is 25.5 Å². The van der Waals surface area contributed by atoms with Crippen molar-refractivity contribution in [3.63, 3.8) is 0 Å². The maximum absolute atomic E-state index is 12.9. The molecule has 4 aromatic carbocycles. The highest BCUT2D eigenvalue weighted by atomic mass is 33.4. The van der Waals surface area contributed by atoms with Gasteiger partial charge >= 0.3 is 0 Å². The Kier molecular flexibility index (Phi) is 38.1. The number of nitrogens with zero attached hydrogens (tertiary/aromatic N) is 6. The number of aromatic nitrogens is 2. The van der Waals surface area contributed by atoms with Crippen LogP contribution in [-0.2, 0) is 230 Å². The summed E-state index contributed by atoms with van der Waals surface area (Å²) < 4.78 is 62.5. The summed E-state index contributed by atoms with van der Waals surface area (Å²) in [6, 6.07) is 37.1. The number of piperidine rings is 1.